The van der Waals surface area contributed by atoms with E-state index in [4.69, 9.17) is 39.5 Å². The summed E-state index contributed by atoms with van der Waals surface area (Å²) in [5.74, 6) is -0.760. The molecule has 0 fully saturated rings. The van der Waals surface area contributed by atoms with Crippen LogP contribution in [0.25, 0.3) is 0 Å². The molecule has 0 saturated heterocycles. The highest BCUT2D eigenvalue weighted by molar-refractivity contribution is 6.49. The van der Waals surface area contributed by atoms with Crippen LogP contribution in [0.5, 0.6) is 0 Å². The van der Waals surface area contributed by atoms with Crippen molar-refractivity contribution in [2.45, 2.75) is 26.4 Å². The highest BCUT2D eigenvalue weighted by atomic mass is 35.5. The Morgan fingerprint density at radius 1 is 1.14 bits per heavy atom. The van der Waals surface area contributed by atoms with Crippen LogP contribution in [0.2, 0.25) is 15.1 Å². The minimum absolute atomic E-state index is 0.00604. The zero-order chi connectivity index (χ0) is 16.4. The number of halogens is 3. The molecule has 0 radical (unpaired) electrons. The lowest BCUT2D eigenvalue weighted by molar-refractivity contribution is 0.0602. The first-order valence-electron chi connectivity index (χ1n) is 5.82. The second kappa shape index (κ2) is 6.73. The van der Waals surface area contributed by atoms with Crippen molar-refractivity contribution in [1.29, 1.82) is 0 Å². The number of hydrogen-bond acceptors (Lipinski definition) is 4. The van der Waals surface area contributed by atoms with E-state index in [0.29, 0.717) is 0 Å². The molecule has 21 heavy (non-hydrogen) atoms. The standard InChI is InChI=1S/C13H14Cl3NO4/c1-13(2,3)21-12(19)17-7-5-6(14)9(15)10(16)8(7)11(18)20-4/h5H,1-4H3,(H,17,19). The highest BCUT2D eigenvalue weighted by Gasteiger charge is 2.24. The van der Waals surface area contributed by atoms with Crippen molar-refractivity contribution in [3.05, 3.63) is 26.7 Å². The zero-order valence-corrected chi connectivity index (χ0v) is 14.1. The van der Waals surface area contributed by atoms with Gasteiger partial charge in [-0.15, -0.1) is 0 Å². The molecule has 0 saturated carbocycles. The number of carbonyl (C=O) groups is 2. The Bertz CT molecular complexity index is 582. The van der Waals surface area contributed by atoms with Gasteiger partial charge in [0.25, 0.3) is 0 Å². The predicted octanol–water partition coefficient (Wildman–Crippen LogP) is 4.78. The topological polar surface area (TPSA) is 64.6 Å². The van der Waals surface area contributed by atoms with Crippen molar-refractivity contribution in [1.82, 2.24) is 0 Å². The molecule has 1 amide bonds. The summed E-state index contributed by atoms with van der Waals surface area (Å²) in [6.07, 6.45) is -0.762. The SMILES string of the molecule is COC(=O)c1c(NC(=O)OC(C)(C)C)cc(Cl)c(Cl)c1Cl. The lowest BCUT2D eigenvalue weighted by Gasteiger charge is -2.20. The highest BCUT2D eigenvalue weighted by Crippen LogP contribution is 2.38. The number of carbonyl (C=O) groups excluding carboxylic acids is 2. The van der Waals surface area contributed by atoms with Crippen molar-refractivity contribution in [3.8, 4) is 0 Å². The van der Waals surface area contributed by atoms with Crippen LogP contribution in [0, 0.1) is 0 Å². The van der Waals surface area contributed by atoms with Crippen molar-refractivity contribution in [3.63, 3.8) is 0 Å². The molecule has 0 aliphatic carbocycles. The summed E-state index contributed by atoms with van der Waals surface area (Å²) in [7, 11) is 1.18. The van der Waals surface area contributed by atoms with Gasteiger partial charge in [-0.2, -0.15) is 0 Å². The molecule has 0 aliphatic heterocycles. The third kappa shape index (κ3) is 4.66. The first-order chi connectivity index (χ1) is 9.56. The Balaban J connectivity index is 3.23. The van der Waals surface area contributed by atoms with Crippen molar-refractivity contribution < 1.29 is 19.1 Å². The van der Waals surface area contributed by atoms with Gasteiger partial charge in [-0.05, 0) is 26.8 Å². The predicted molar refractivity (Wildman–Crippen MR) is 82.7 cm³/mol. The number of amides is 1. The summed E-state index contributed by atoms with van der Waals surface area (Å²) in [6.45, 7) is 5.11. The summed E-state index contributed by atoms with van der Waals surface area (Å²) in [6, 6.07) is 1.30. The maximum atomic E-state index is 11.8. The quantitative estimate of drug-likeness (QED) is 0.613. The molecule has 5 nitrogen and oxygen atoms in total. The maximum Gasteiger partial charge on any atom is 0.412 e. The van der Waals surface area contributed by atoms with Gasteiger partial charge in [0.2, 0.25) is 0 Å². The average Bonchev–Trinajstić information content (AvgIpc) is 2.33. The van der Waals surface area contributed by atoms with Gasteiger partial charge in [-0.3, -0.25) is 5.32 Å². The van der Waals surface area contributed by atoms with Crippen LogP contribution in [0.3, 0.4) is 0 Å². The van der Waals surface area contributed by atoms with Crippen molar-refractivity contribution >= 4 is 52.6 Å². The normalized spacial score (nSPS) is 11.0. The van der Waals surface area contributed by atoms with E-state index >= 15 is 0 Å². The molecule has 0 heterocycles. The molecule has 0 bridgehead atoms. The number of hydrogen-bond donors (Lipinski definition) is 1. The molecule has 1 N–H and O–H groups in total. The van der Waals surface area contributed by atoms with E-state index in [1.54, 1.807) is 20.8 Å². The monoisotopic (exact) mass is 353 g/mol. The third-order valence-corrected chi connectivity index (χ3v) is 3.45. The van der Waals surface area contributed by atoms with Gasteiger partial charge in [0.1, 0.15) is 11.2 Å². The molecule has 0 aliphatic rings. The van der Waals surface area contributed by atoms with Crippen molar-refractivity contribution in [2.24, 2.45) is 0 Å². The van der Waals surface area contributed by atoms with Crippen LogP contribution in [-0.4, -0.2) is 24.8 Å². The molecule has 8 heteroatoms. The second-order valence-corrected chi connectivity index (χ2v) is 6.19. The van der Waals surface area contributed by atoms with Crippen LogP contribution >= 0.6 is 34.8 Å². The van der Waals surface area contributed by atoms with E-state index in [1.165, 1.54) is 13.2 Å². The minimum atomic E-state index is -0.762. The van der Waals surface area contributed by atoms with Crippen LogP contribution < -0.4 is 5.32 Å². The van der Waals surface area contributed by atoms with Gasteiger partial charge < -0.3 is 9.47 Å². The molecular formula is C13H14Cl3NO4. The Hall–Kier alpha value is -1.17. The summed E-state index contributed by atoms with van der Waals surface area (Å²) < 4.78 is 9.72. The van der Waals surface area contributed by atoms with Crippen LogP contribution in [0.1, 0.15) is 31.1 Å². The van der Waals surface area contributed by atoms with E-state index < -0.39 is 17.7 Å². The van der Waals surface area contributed by atoms with E-state index in [-0.39, 0.29) is 26.3 Å². The van der Waals surface area contributed by atoms with E-state index in [9.17, 15) is 9.59 Å². The fourth-order valence-corrected chi connectivity index (χ4v) is 2.09. The Kier molecular flexibility index (Phi) is 5.73. The second-order valence-electron chi connectivity index (χ2n) is 5.03. The van der Waals surface area contributed by atoms with Crippen LogP contribution in [0.15, 0.2) is 6.07 Å². The molecule has 0 spiro atoms. The first kappa shape index (κ1) is 17.9. The van der Waals surface area contributed by atoms with Gasteiger partial charge in [0.15, 0.2) is 0 Å². The van der Waals surface area contributed by atoms with E-state index in [2.05, 4.69) is 10.1 Å². The fraction of sp³-hybridized carbons (Fsp3) is 0.385. The summed E-state index contributed by atoms with van der Waals surface area (Å²) in [4.78, 5) is 23.6. The molecule has 0 unspecified atom stereocenters. The number of methoxy groups -OCH3 is 1. The molecule has 1 aromatic rings. The number of ether oxygens (including phenoxy) is 2. The number of nitrogens with one attached hydrogen (secondary N) is 1. The van der Waals surface area contributed by atoms with Crippen LogP contribution in [-0.2, 0) is 9.47 Å². The Labute approximate surface area is 137 Å². The molecule has 0 aromatic heterocycles. The number of benzene rings is 1. The van der Waals surface area contributed by atoms with Gasteiger partial charge >= 0.3 is 12.1 Å². The van der Waals surface area contributed by atoms with Gasteiger partial charge in [-0.25, -0.2) is 9.59 Å². The van der Waals surface area contributed by atoms with Crippen LogP contribution in [0.4, 0.5) is 10.5 Å². The third-order valence-electron chi connectivity index (χ3n) is 2.19. The van der Waals surface area contributed by atoms with Gasteiger partial charge in [0.05, 0.1) is 27.9 Å². The maximum absolute atomic E-state index is 11.8. The number of rotatable bonds is 2. The lowest BCUT2D eigenvalue weighted by Crippen LogP contribution is -2.28. The molecule has 1 rings (SSSR count). The average molecular weight is 355 g/mol. The smallest absolute Gasteiger partial charge is 0.412 e. The van der Waals surface area contributed by atoms with E-state index in [1.807, 2.05) is 0 Å². The number of anilines is 1. The minimum Gasteiger partial charge on any atom is -0.465 e. The molecule has 116 valence electrons. The van der Waals surface area contributed by atoms with E-state index in [0.717, 1.165) is 0 Å². The van der Waals surface area contributed by atoms with Gasteiger partial charge in [0, 0.05) is 0 Å². The molecule has 0 atom stereocenters. The summed E-state index contributed by atoms with van der Waals surface area (Å²) >= 11 is 17.8. The molecule has 1 aromatic carbocycles. The Morgan fingerprint density at radius 2 is 1.71 bits per heavy atom. The summed E-state index contributed by atoms with van der Waals surface area (Å²) in [5, 5.41) is 2.37. The summed E-state index contributed by atoms with van der Waals surface area (Å²) in [5.41, 5.74) is -0.745. The Morgan fingerprint density at radius 3 is 2.19 bits per heavy atom. The largest absolute Gasteiger partial charge is 0.465 e. The molecular weight excluding hydrogens is 341 g/mol. The first-order valence-corrected chi connectivity index (χ1v) is 6.96. The lowest BCUT2D eigenvalue weighted by atomic mass is 10.1. The number of esters is 1. The van der Waals surface area contributed by atoms with Crippen molar-refractivity contribution in [2.75, 3.05) is 12.4 Å². The zero-order valence-electron chi connectivity index (χ0n) is 11.8. The fourth-order valence-electron chi connectivity index (χ4n) is 1.41. The van der Waals surface area contributed by atoms with Gasteiger partial charge in [-0.1, -0.05) is 34.8 Å².